The lowest BCUT2D eigenvalue weighted by atomic mass is 10.2. The van der Waals surface area contributed by atoms with Gasteiger partial charge in [0.1, 0.15) is 19.0 Å². The zero-order valence-electron chi connectivity index (χ0n) is 17.3. The fourth-order valence-corrected chi connectivity index (χ4v) is 2.71. The van der Waals surface area contributed by atoms with E-state index in [0.29, 0.717) is 16.0 Å². The number of carbonyl (C=O) groups is 2. The molecule has 3 rings (SSSR count). The van der Waals surface area contributed by atoms with Crippen LogP contribution in [0.15, 0.2) is 72.0 Å². The molecular weight excluding hydrogens is 452 g/mol. The first kappa shape index (κ1) is 23.5. The zero-order chi connectivity index (χ0) is 24.7. The van der Waals surface area contributed by atoms with E-state index < -0.39 is 33.7 Å². The number of non-ortho nitro benzene ring substituents is 1. The lowest BCUT2D eigenvalue weighted by Crippen LogP contribution is -2.40. The normalized spacial score (nSPS) is 11.0. The van der Waals surface area contributed by atoms with E-state index in [2.05, 4.69) is 10.1 Å². The Kier molecular flexibility index (Phi) is 7.23. The monoisotopic (exact) mass is 468 g/mol. The van der Waals surface area contributed by atoms with Crippen molar-refractivity contribution in [2.75, 3.05) is 0 Å². The van der Waals surface area contributed by atoms with Gasteiger partial charge in [-0.25, -0.2) is 19.2 Å². The van der Waals surface area contributed by atoms with Gasteiger partial charge in [0.25, 0.3) is 5.69 Å². The maximum absolute atomic E-state index is 12.4. The van der Waals surface area contributed by atoms with Crippen LogP contribution in [0.3, 0.4) is 0 Å². The number of rotatable bonds is 6. The van der Waals surface area contributed by atoms with Crippen LogP contribution in [0.5, 0.6) is 0 Å². The van der Waals surface area contributed by atoms with Gasteiger partial charge < -0.3 is 9.84 Å². The molecule has 0 bridgehead atoms. The van der Waals surface area contributed by atoms with Crippen molar-refractivity contribution in [2.24, 2.45) is 4.99 Å². The minimum absolute atomic E-state index is 0.145. The summed E-state index contributed by atoms with van der Waals surface area (Å²) in [6, 6.07) is 13.6. The van der Waals surface area contributed by atoms with Crippen LogP contribution in [-0.2, 0) is 17.9 Å². The minimum Gasteiger partial charge on any atom is -0.465 e. The first-order chi connectivity index (χ1) is 16.2. The summed E-state index contributed by atoms with van der Waals surface area (Å²) in [5, 5.41) is 35.2. The second-order valence-corrected chi connectivity index (χ2v) is 6.64. The quantitative estimate of drug-likeness (QED) is 0.245. The Balaban J connectivity index is 1.87. The second kappa shape index (κ2) is 10.4. The van der Waals surface area contributed by atoms with Crippen LogP contribution in [0.4, 0.5) is 21.0 Å². The van der Waals surface area contributed by atoms with Gasteiger partial charge in [0.15, 0.2) is 0 Å². The van der Waals surface area contributed by atoms with Crippen molar-refractivity contribution in [2.45, 2.75) is 13.2 Å². The molecule has 34 heavy (non-hydrogen) atoms. The van der Waals surface area contributed by atoms with Crippen molar-refractivity contribution < 1.29 is 29.3 Å². The number of aromatic nitrogens is 2. The molecular formula is C20H16N6O8. The molecule has 0 unspecified atom stereocenters. The molecule has 0 atom stereocenters. The molecule has 1 heterocycles. The number of nitro groups is 2. The van der Waals surface area contributed by atoms with E-state index >= 15 is 0 Å². The minimum atomic E-state index is -1.50. The lowest BCUT2D eigenvalue weighted by Gasteiger charge is -2.20. The van der Waals surface area contributed by atoms with Crippen molar-refractivity contribution in [1.82, 2.24) is 14.7 Å². The van der Waals surface area contributed by atoms with Crippen LogP contribution in [-0.4, -0.2) is 47.8 Å². The van der Waals surface area contributed by atoms with E-state index in [-0.39, 0.29) is 18.8 Å². The molecule has 1 N–H and O–H groups in total. The standard InChI is InChI=1S/C20H16N6O8/c27-19(34-13-15-6-8-16(9-7-15)25(30)31)22-18(24-12-17(10-21-24)26(32)33)23(20(28)29)11-14-4-2-1-3-5-14/h1-10,12H,11,13H2,(H,28,29). The van der Waals surface area contributed by atoms with E-state index in [4.69, 9.17) is 4.74 Å². The summed E-state index contributed by atoms with van der Waals surface area (Å²) in [7, 11) is 0. The van der Waals surface area contributed by atoms with E-state index in [1.807, 2.05) is 0 Å². The number of hydrogen-bond donors (Lipinski definition) is 1. The number of nitrogens with zero attached hydrogens (tertiary/aromatic N) is 6. The van der Waals surface area contributed by atoms with Crippen molar-refractivity contribution in [3.63, 3.8) is 0 Å². The van der Waals surface area contributed by atoms with Crippen LogP contribution in [0, 0.1) is 20.2 Å². The summed E-state index contributed by atoms with van der Waals surface area (Å²) in [4.78, 5) is 49.1. The Morgan fingerprint density at radius 2 is 1.65 bits per heavy atom. The van der Waals surface area contributed by atoms with Gasteiger partial charge >= 0.3 is 17.9 Å². The third kappa shape index (κ3) is 5.97. The van der Waals surface area contributed by atoms with Gasteiger partial charge in [-0.2, -0.15) is 5.10 Å². The molecule has 0 fully saturated rings. The molecule has 0 aliphatic carbocycles. The molecule has 3 aromatic rings. The second-order valence-electron chi connectivity index (χ2n) is 6.64. The van der Waals surface area contributed by atoms with Crippen LogP contribution in [0.25, 0.3) is 0 Å². The van der Waals surface area contributed by atoms with Crippen LogP contribution in [0.2, 0.25) is 0 Å². The van der Waals surface area contributed by atoms with Crippen molar-refractivity contribution in [1.29, 1.82) is 0 Å². The SMILES string of the molecule is O=C(N=C(N(Cc1ccccc1)C(=O)O)n1cc([N+](=O)[O-])cn1)OCc1ccc([N+](=O)[O-])cc1. The first-order valence-corrected chi connectivity index (χ1v) is 9.47. The number of ether oxygens (including phenoxy) is 1. The summed E-state index contributed by atoms with van der Waals surface area (Å²) < 4.78 is 5.80. The first-order valence-electron chi connectivity index (χ1n) is 9.47. The number of aliphatic imine (C=N–C) groups is 1. The Labute approximate surface area is 190 Å². The molecule has 0 aliphatic rings. The molecule has 0 saturated heterocycles. The summed E-state index contributed by atoms with van der Waals surface area (Å²) in [5.41, 5.74) is 0.383. The third-order valence-corrected chi connectivity index (χ3v) is 4.34. The molecule has 0 radical (unpaired) electrons. The van der Waals surface area contributed by atoms with Crippen LogP contribution >= 0.6 is 0 Å². The number of hydrogen-bond acceptors (Lipinski definition) is 8. The topological polar surface area (TPSA) is 183 Å². The Bertz CT molecular complexity index is 1240. The number of carboxylic acid groups (broad SMARTS) is 1. The fraction of sp³-hybridized carbons (Fsp3) is 0.100. The van der Waals surface area contributed by atoms with Gasteiger partial charge in [-0.1, -0.05) is 30.3 Å². The molecule has 14 nitrogen and oxygen atoms in total. The van der Waals surface area contributed by atoms with Gasteiger partial charge in [-0.3, -0.25) is 20.2 Å². The summed E-state index contributed by atoms with van der Waals surface area (Å²) in [6.45, 7) is -0.545. The lowest BCUT2D eigenvalue weighted by molar-refractivity contribution is -0.385. The molecule has 14 heteroatoms. The van der Waals surface area contributed by atoms with Gasteiger partial charge in [-0.15, -0.1) is 4.99 Å². The predicted molar refractivity (Wildman–Crippen MR) is 115 cm³/mol. The predicted octanol–water partition coefficient (Wildman–Crippen LogP) is 3.42. The van der Waals surface area contributed by atoms with Crippen molar-refractivity contribution in [3.05, 3.63) is 98.3 Å². The Morgan fingerprint density at radius 1 is 1.00 bits per heavy atom. The molecule has 1 aromatic heterocycles. The number of benzene rings is 2. The number of amides is 2. The average Bonchev–Trinajstić information content (AvgIpc) is 3.31. The Morgan fingerprint density at radius 3 is 2.21 bits per heavy atom. The maximum atomic E-state index is 12.4. The highest BCUT2D eigenvalue weighted by atomic mass is 16.6. The molecule has 174 valence electrons. The van der Waals surface area contributed by atoms with Crippen molar-refractivity contribution in [3.8, 4) is 0 Å². The molecule has 2 amide bonds. The summed E-state index contributed by atoms with van der Waals surface area (Å²) >= 11 is 0. The van der Waals surface area contributed by atoms with Gasteiger partial charge in [0.05, 0.1) is 16.4 Å². The van der Waals surface area contributed by atoms with E-state index in [1.165, 1.54) is 24.3 Å². The summed E-state index contributed by atoms with van der Waals surface area (Å²) in [5.74, 6) is -0.543. The summed E-state index contributed by atoms with van der Waals surface area (Å²) in [6.07, 6.45) is -0.918. The number of nitro benzene ring substituents is 1. The molecule has 2 aromatic carbocycles. The number of carbonyl (C=O) groups excluding carboxylic acids is 1. The molecule has 0 aliphatic heterocycles. The van der Waals surface area contributed by atoms with Crippen LogP contribution < -0.4 is 0 Å². The van der Waals surface area contributed by atoms with E-state index in [0.717, 1.165) is 17.1 Å². The maximum Gasteiger partial charge on any atom is 0.437 e. The highest BCUT2D eigenvalue weighted by Gasteiger charge is 2.25. The van der Waals surface area contributed by atoms with E-state index in [9.17, 15) is 34.9 Å². The fourth-order valence-electron chi connectivity index (χ4n) is 2.71. The molecule has 0 spiro atoms. The van der Waals surface area contributed by atoms with Crippen molar-refractivity contribution >= 4 is 29.5 Å². The van der Waals surface area contributed by atoms with Gasteiger partial charge in [0, 0.05) is 12.1 Å². The highest BCUT2D eigenvalue weighted by molar-refractivity contribution is 5.99. The van der Waals surface area contributed by atoms with Gasteiger partial charge in [-0.05, 0) is 23.3 Å². The van der Waals surface area contributed by atoms with E-state index in [1.54, 1.807) is 30.3 Å². The smallest absolute Gasteiger partial charge is 0.437 e. The van der Waals surface area contributed by atoms with Gasteiger partial charge in [0.2, 0.25) is 5.96 Å². The Hall–Kier alpha value is -5.14. The zero-order valence-corrected chi connectivity index (χ0v) is 17.3. The molecule has 0 saturated carbocycles. The van der Waals surface area contributed by atoms with Crippen LogP contribution in [0.1, 0.15) is 11.1 Å². The average molecular weight is 468 g/mol. The largest absolute Gasteiger partial charge is 0.465 e. The highest BCUT2D eigenvalue weighted by Crippen LogP contribution is 2.14. The third-order valence-electron chi connectivity index (χ3n) is 4.34.